The molecule has 3 aliphatic rings. The Hall–Kier alpha value is -0.870. The molecule has 1 saturated heterocycles. The van der Waals surface area contributed by atoms with Gasteiger partial charge in [0.1, 0.15) is 0 Å². The fraction of sp³-hybridized carbons (Fsp3) is 0.733. The van der Waals surface area contributed by atoms with Gasteiger partial charge in [-0.1, -0.05) is 18.0 Å². The van der Waals surface area contributed by atoms with Gasteiger partial charge < -0.3 is 4.90 Å². The maximum Gasteiger partial charge on any atom is 0.225 e. The van der Waals surface area contributed by atoms with Gasteiger partial charge in [0.15, 0.2) is 0 Å². The van der Waals surface area contributed by atoms with Gasteiger partial charge >= 0.3 is 0 Å². The number of aromatic nitrogens is 2. The molecule has 2 saturated carbocycles. The fourth-order valence-corrected chi connectivity index (χ4v) is 4.48. The first-order valence-electron chi connectivity index (χ1n) is 7.76. The molecular weight excluding hydrogens is 272 g/mol. The highest BCUT2D eigenvalue weighted by molar-refractivity contribution is 6.30. The highest BCUT2D eigenvalue weighted by Gasteiger charge is 2.42. The molecule has 20 heavy (non-hydrogen) atoms. The molecule has 1 aromatic heterocycles. The van der Waals surface area contributed by atoms with Crippen LogP contribution in [-0.2, 0) is 0 Å². The average Bonchev–Trinajstić information content (AvgIpc) is 3.11. The van der Waals surface area contributed by atoms with Crippen LogP contribution in [0.25, 0.3) is 0 Å². The van der Waals surface area contributed by atoms with E-state index in [1.807, 2.05) is 0 Å². The van der Waals surface area contributed by atoms with Crippen LogP contribution in [-0.4, -0.2) is 47.1 Å². The molecule has 4 nitrogen and oxygen atoms in total. The van der Waals surface area contributed by atoms with Crippen molar-refractivity contribution in [3.63, 3.8) is 0 Å². The highest BCUT2D eigenvalue weighted by Crippen LogP contribution is 2.46. The predicted molar refractivity (Wildman–Crippen MR) is 80.1 cm³/mol. The summed E-state index contributed by atoms with van der Waals surface area (Å²) in [5, 5.41) is 0.606. The molecule has 4 rings (SSSR count). The molecule has 0 spiro atoms. The zero-order valence-electron chi connectivity index (χ0n) is 11.7. The SMILES string of the molecule is Clc1cnc(N2CCN(C3CC4CCC3C4)CC2)nc1. The minimum absolute atomic E-state index is 0.606. The van der Waals surface area contributed by atoms with Gasteiger partial charge in [0.05, 0.1) is 17.4 Å². The van der Waals surface area contributed by atoms with Gasteiger partial charge in [0.2, 0.25) is 5.95 Å². The van der Waals surface area contributed by atoms with Gasteiger partial charge in [0, 0.05) is 32.2 Å². The molecule has 3 atom stereocenters. The molecule has 1 aromatic rings. The fourth-order valence-electron chi connectivity index (χ4n) is 4.38. The number of hydrogen-bond acceptors (Lipinski definition) is 4. The van der Waals surface area contributed by atoms with Crippen molar-refractivity contribution in [1.82, 2.24) is 14.9 Å². The minimum Gasteiger partial charge on any atom is -0.338 e. The lowest BCUT2D eigenvalue weighted by atomic mass is 9.93. The summed E-state index contributed by atoms with van der Waals surface area (Å²) in [6, 6.07) is 0.863. The van der Waals surface area contributed by atoms with Crippen molar-refractivity contribution in [1.29, 1.82) is 0 Å². The maximum absolute atomic E-state index is 5.84. The first-order chi connectivity index (χ1) is 9.79. The molecule has 0 aromatic carbocycles. The third kappa shape index (κ3) is 2.29. The molecule has 5 heteroatoms. The van der Waals surface area contributed by atoms with E-state index in [9.17, 15) is 0 Å². The molecular formula is C15H21ClN4. The van der Waals surface area contributed by atoms with Crippen LogP contribution in [0.4, 0.5) is 5.95 Å². The zero-order chi connectivity index (χ0) is 13.5. The number of anilines is 1. The van der Waals surface area contributed by atoms with Crippen LogP contribution in [0.2, 0.25) is 5.02 Å². The van der Waals surface area contributed by atoms with Gasteiger partial charge in [-0.15, -0.1) is 0 Å². The van der Waals surface area contributed by atoms with Crippen molar-refractivity contribution < 1.29 is 0 Å². The number of rotatable bonds is 2. The van der Waals surface area contributed by atoms with Crippen LogP contribution in [0, 0.1) is 11.8 Å². The van der Waals surface area contributed by atoms with E-state index in [0.717, 1.165) is 50.0 Å². The lowest BCUT2D eigenvalue weighted by molar-refractivity contribution is 0.134. The topological polar surface area (TPSA) is 32.3 Å². The van der Waals surface area contributed by atoms with Gasteiger partial charge in [-0.2, -0.15) is 0 Å². The molecule has 3 fully saturated rings. The van der Waals surface area contributed by atoms with E-state index in [0.29, 0.717) is 5.02 Å². The molecule has 1 aliphatic heterocycles. The van der Waals surface area contributed by atoms with E-state index in [-0.39, 0.29) is 0 Å². The maximum atomic E-state index is 5.84. The molecule has 0 radical (unpaired) electrons. The van der Waals surface area contributed by atoms with E-state index in [1.165, 1.54) is 25.7 Å². The lowest BCUT2D eigenvalue weighted by Gasteiger charge is -2.41. The summed E-state index contributed by atoms with van der Waals surface area (Å²) in [5.74, 6) is 2.84. The van der Waals surface area contributed by atoms with Crippen molar-refractivity contribution >= 4 is 17.5 Å². The number of hydrogen-bond donors (Lipinski definition) is 0. The summed E-state index contributed by atoms with van der Waals surface area (Å²) >= 11 is 5.84. The zero-order valence-corrected chi connectivity index (χ0v) is 12.5. The summed E-state index contributed by atoms with van der Waals surface area (Å²) in [5.41, 5.74) is 0. The van der Waals surface area contributed by atoms with E-state index in [1.54, 1.807) is 12.4 Å². The molecule has 2 heterocycles. The number of nitrogens with zero attached hydrogens (tertiary/aromatic N) is 4. The Balaban J connectivity index is 1.37. The normalized spacial score (nSPS) is 33.9. The third-order valence-electron chi connectivity index (χ3n) is 5.37. The van der Waals surface area contributed by atoms with Gasteiger partial charge in [-0.05, 0) is 31.1 Å². The van der Waals surface area contributed by atoms with Crippen LogP contribution in [0.1, 0.15) is 25.7 Å². The van der Waals surface area contributed by atoms with Gasteiger partial charge in [-0.25, -0.2) is 9.97 Å². The predicted octanol–water partition coefficient (Wildman–Crippen LogP) is 2.44. The van der Waals surface area contributed by atoms with Crippen LogP contribution >= 0.6 is 11.6 Å². The van der Waals surface area contributed by atoms with Crippen LogP contribution < -0.4 is 4.90 Å². The number of piperazine rings is 1. The monoisotopic (exact) mass is 292 g/mol. The molecule has 3 unspecified atom stereocenters. The molecule has 2 bridgehead atoms. The second kappa shape index (κ2) is 5.15. The lowest BCUT2D eigenvalue weighted by Crippen LogP contribution is -2.52. The Labute approximate surface area is 125 Å². The average molecular weight is 293 g/mol. The van der Waals surface area contributed by atoms with E-state index in [4.69, 9.17) is 11.6 Å². The molecule has 0 amide bonds. The van der Waals surface area contributed by atoms with Crippen LogP contribution in [0.5, 0.6) is 0 Å². The van der Waals surface area contributed by atoms with Crippen molar-refractivity contribution in [3.8, 4) is 0 Å². The van der Waals surface area contributed by atoms with Crippen LogP contribution in [0.15, 0.2) is 12.4 Å². The van der Waals surface area contributed by atoms with Crippen molar-refractivity contribution in [2.24, 2.45) is 11.8 Å². The summed E-state index contributed by atoms with van der Waals surface area (Å²) in [4.78, 5) is 13.7. The van der Waals surface area contributed by atoms with Crippen molar-refractivity contribution in [2.45, 2.75) is 31.7 Å². The largest absolute Gasteiger partial charge is 0.338 e. The first kappa shape index (κ1) is 12.8. The Morgan fingerprint density at radius 1 is 1.00 bits per heavy atom. The number of halogens is 1. The summed E-state index contributed by atoms with van der Waals surface area (Å²) in [6.45, 7) is 4.38. The van der Waals surface area contributed by atoms with Gasteiger partial charge in [0.25, 0.3) is 0 Å². The summed E-state index contributed by atoms with van der Waals surface area (Å²) in [7, 11) is 0. The van der Waals surface area contributed by atoms with E-state index >= 15 is 0 Å². The van der Waals surface area contributed by atoms with Crippen LogP contribution in [0.3, 0.4) is 0 Å². The van der Waals surface area contributed by atoms with Crippen molar-refractivity contribution in [2.75, 3.05) is 31.1 Å². The van der Waals surface area contributed by atoms with E-state index in [2.05, 4.69) is 19.8 Å². The highest BCUT2D eigenvalue weighted by atomic mass is 35.5. The smallest absolute Gasteiger partial charge is 0.225 e. The summed E-state index contributed by atoms with van der Waals surface area (Å²) in [6.07, 6.45) is 9.27. The van der Waals surface area contributed by atoms with E-state index < -0.39 is 0 Å². The molecule has 0 N–H and O–H groups in total. The molecule has 2 aliphatic carbocycles. The third-order valence-corrected chi connectivity index (χ3v) is 5.57. The van der Waals surface area contributed by atoms with Gasteiger partial charge in [-0.3, -0.25) is 4.90 Å². The standard InChI is InChI=1S/C15H21ClN4/c16-13-9-17-15(18-10-13)20-5-3-19(4-6-20)14-8-11-1-2-12(14)7-11/h9-12,14H,1-8H2. The first-order valence-corrected chi connectivity index (χ1v) is 8.14. The Kier molecular flexibility index (Phi) is 3.31. The molecule has 108 valence electrons. The number of fused-ring (bicyclic) bond motifs is 2. The minimum atomic E-state index is 0.606. The van der Waals surface area contributed by atoms with Crippen molar-refractivity contribution in [3.05, 3.63) is 17.4 Å². The Morgan fingerprint density at radius 2 is 1.75 bits per heavy atom. The quantitative estimate of drug-likeness (QED) is 0.838. The Bertz CT molecular complexity index is 469. The second-order valence-electron chi connectivity index (χ2n) is 6.47. The Morgan fingerprint density at radius 3 is 2.35 bits per heavy atom. The summed E-state index contributed by atoms with van der Waals surface area (Å²) < 4.78 is 0. The second-order valence-corrected chi connectivity index (χ2v) is 6.90.